The fourth-order valence-corrected chi connectivity index (χ4v) is 1.80. The van der Waals surface area contributed by atoms with Crippen molar-refractivity contribution in [2.75, 3.05) is 19.8 Å². The monoisotopic (exact) mass is 406 g/mol. The molecule has 8 heteroatoms. The number of aliphatic hydroxyl groups excluding tert-OH is 3. The third kappa shape index (κ3) is 12.2. The maximum atomic E-state index is 12.8. The van der Waals surface area contributed by atoms with Crippen molar-refractivity contribution in [1.29, 1.82) is 0 Å². The number of aliphatic carboxylic acids is 1. The minimum absolute atomic E-state index is 0.00121. The van der Waals surface area contributed by atoms with E-state index in [1.54, 1.807) is 0 Å². The second-order valence-corrected chi connectivity index (χ2v) is 5.69. The quantitative estimate of drug-likeness (QED) is 0.321. The van der Waals surface area contributed by atoms with Crippen LogP contribution in [0.1, 0.15) is 0 Å². The second-order valence-electron chi connectivity index (χ2n) is 5.69. The van der Waals surface area contributed by atoms with Crippen molar-refractivity contribution in [2.45, 2.75) is 18.3 Å². The van der Waals surface area contributed by atoms with Crippen molar-refractivity contribution >= 4 is 5.97 Å². The minimum Gasteiger partial charge on any atom is -0.491 e. The Morgan fingerprint density at radius 2 is 1.72 bits per heavy atom. The molecular formula is C21H23FO7. The number of carbonyl (C=O) groups is 1. The smallest absolute Gasteiger partial charge is 0.329 e. The van der Waals surface area contributed by atoms with Crippen LogP contribution in [0.25, 0.3) is 0 Å². The summed E-state index contributed by atoms with van der Waals surface area (Å²) in [4.78, 5) is 10.3. The van der Waals surface area contributed by atoms with Gasteiger partial charge in [0.15, 0.2) is 0 Å². The van der Waals surface area contributed by atoms with Gasteiger partial charge in [-0.3, -0.25) is 0 Å². The molecule has 0 aliphatic carbocycles. The van der Waals surface area contributed by atoms with E-state index in [0.717, 1.165) is 0 Å². The Balaban J connectivity index is 2.27. The molecule has 0 radical (unpaired) electrons. The molecule has 1 rings (SSSR count). The zero-order valence-electron chi connectivity index (χ0n) is 15.5. The van der Waals surface area contributed by atoms with Crippen molar-refractivity contribution in [3.63, 3.8) is 0 Å². The molecular weight excluding hydrogens is 383 g/mol. The average Bonchev–Trinajstić information content (AvgIpc) is 2.69. The molecule has 0 saturated heterocycles. The first-order chi connectivity index (χ1) is 13.9. The first-order valence-electron chi connectivity index (χ1n) is 8.61. The van der Waals surface area contributed by atoms with Gasteiger partial charge in [-0.1, -0.05) is 30.1 Å². The molecule has 29 heavy (non-hydrogen) atoms. The number of rotatable bonds is 11. The van der Waals surface area contributed by atoms with E-state index in [1.165, 1.54) is 60.7 Å². The van der Waals surface area contributed by atoms with Gasteiger partial charge < -0.3 is 29.9 Å². The molecule has 4 N–H and O–H groups in total. The average molecular weight is 406 g/mol. The van der Waals surface area contributed by atoms with Gasteiger partial charge in [0.1, 0.15) is 43.1 Å². The molecule has 0 bridgehead atoms. The number of aliphatic hydroxyl groups is 3. The van der Waals surface area contributed by atoms with E-state index in [1.807, 2.05) is 0 Å². The van der Waals surface area contributed by atoms with Crippen LogP contribution >= 0.6 is 0 Å². The van der Waals surface area contributed by atoms with Crippen molar-refractivity contribution in [1.82, 2.24) is 0 Å². The number of carboxylic acid groups (broad SMARTS) is 1. The lowest BCUT2D eigenvalue weighted by Gasteiger charge is -2.13. The number of ether oxygens (including phenoxy) is 2. The van der Waals surface area contributed by atoms with E-state index >= 15 is 0 Å². The molecule has 156 valence electrons. The molecule has 1 aromatic carbocycles. The van der Waals surface area contributed by atoms with E-state index in [9.17, 15) is 24.5 Å². The number of halogens is 1. The molecule has 0 fully saturated rings. The van der Waals surface area contributed by atoms with Crippen molar-refractivity contribution in [3.8, 4) is 17.6 Å². The first-order valence-corrected chi connectivity index (χ1v) is 8.61. The summed E-state index contributed by atoms with van der Waals surface area (Å²) in [5, 5.41) is 37.3. The standard InChI is InChI=1S/C21H23FO7/c22-16-9-11-18(12-10-16)29-13-17(23)7-5-3-1-2-4-6-8-19(24)20(25)14-28-15-21(26)27/h2,4-12,17,19-20,23-25H,13-15H2,(H,26,27)/t17-,19+,20+/m0/s1. The molecule has 0 saturated carbocycles. The first kappa shape index (κ1) is 24.1. The van der Waals surface area contributed by atoms with E-state index < -0.39 is 30.9 Å². The fraction of sp³-hybridized carbons (Fsp3) is 0.286. The Bertz CT molecular complexity index is 759. The van der Waals surface area contributed by atoms with Gasteiger partial charge >= 0.3 is 5.97 Å². The number of allylic oxidation sites excluding steroid dienone is 4. The van der Waals surface area contributed by atoms with Gasteiger partial charge in [0.05, 0.1) is 6.61 Å². The van der Waals surface area contributed by atoms with Crippen molar-refractivity contribution in [2.24, 2.45) is 0 Å². The Morgan fingerprint density at radius 3 is 2.41 bits per heavy atom. The third-order valence-corrected chi connectivity index (χ3v) is 3.23. The van der Waals surface area contributed by atoms with E-state index in [0.29, 0.717) is 5.75 Å². The lowest BCUT2D eigenvalue weighted by Crippen LogP contribution is -2.29. The van der Waals surface area contributed by atoms with E-state index in [2.05, 4.69) is 16.6 Å². The molecule has 3 atom stereocenters. The summed E-state index contributed by atoms with van der Waals surface area (Å²) in [6, 6.07) is 5.44. The van der Waals surface area contributed by atoms with Gasteiger partial charge in [-0.15, -0.1) is 0 Å². The number of carboxylic acids is 1. The van der Waals surface area contributed by atoms with Gasteiger partial charge in [0.25, 0.3) is 0 Å². The number of hydrogen-bond acceptors (Lipinski definition) is 6. The Hall–Kier alpha value is -2.96. The van der Waals surface area contributed by atoms with Crippen LogP contribution in [0.4, 0.5) is 4.39 Å². The van der Waals surface area contributed by atoms with Gasteiger partial charge in [-0.25, -0.2) is 9.18 Å². The maximum absolute atomic E-state index is 12.8. The van der Waals surface area contributed by atoms with Crippen molar-refractivity contribution in [3.05, 3.63) is 66.5 Å². The molecule has 0 aliphatic heterocycles. The molecule has 0 heterocycles. The highest BCUT2D eigenvalue weighted by molar-refractivity contribution is 5.67. The van der Waals surface area contributed by atoms with Crippen LogP contribution in [-0.2, 0) is 9.53 Å². The highest BCUT2D eigenvalue weighted by Crippen LogP contribution is 2.11. The summed E-state index contributed by atoms with van der Waals surface area (Å²) in [7, 11) is 0. The van der Waals surface area contributed by atoms with Crippen LogP contribution in [0.15, 0.2) is 60.7 Å². The van der Waals surface area contributed by atoms with Crippen LogP contribution in [0.3, 0.4) is 0 Å². The predicted octanol–water partition coefficient (Wildman–Crippen LogP) is 1.06. The zero-order chi connectivity index (χ0) is 21.5. The molecule has 7 nitrogen and oxygen atoms in total. The third-order valence-electron chi connectivity index (χ3n) is 3.23. The molecule has 0 aromatic heterocycles. The van der Waals surface area contributed by atoms with Crippen LogP contribution in [0.5, 0.6) is 5.75 Å². The van der Waals surface area contributed by atoms with Gasteiger partial charge in [0, 0.05) is 0 Å². The maximum Gasteiger partial charge on any atom is 0.329 e. The summed E-state index contributed by atoms with van der Waals surface area (Å²) in [6.07, 6.45) is 5.35. The normalized spacial score (nSPS) is 14.6. The molecule has 0 aliphatic rings. The Labute approximate surface area is 168 Å². The minimum atomic E-state index is -1.24. The zero-order valence-corrected chi connectivity index (χ0v) is 15.5. The highest BCUT2D eigenvalue weighted by Gasteiger charge is 2.13. The van der Waals surface area contributed by atoms with Gasteiger partial charge in [-0.2, -0.15) is 0 Å². The predicted molar refractivity (Wildman–Crippen MR) is 104 cm³/mol. The van der Waals surface area contributed by atoms with Crippen molar-refractivity contribution < 1.29 is 39.1 Å². The molecule has 0 spiro atoms. The summed E-state index contributed by atoms with van der Waals surface area (Å²) >= 11 is 0. The van der Waals surface area contributed by atoms with Gasteiger partial charge in [0.2, 0.25) is 0 Å². The van der Waals surface area contributed by atoms with Crippen LogP contribution < -0.4 is 4.74 Å². The summed E-state index contributed by atoms with van der Waals surface area (Å²) in [5.74, 6) is 4.26. The lowest BCUT2D eigenvalue weighted by atomic mass is 10.2. The molecule has 0 unspecified atom stereocenters. The van der Waals surface area contributed by atoms with Crippen LogP contribution in [0, 0.1) is 17.7 Å². The second kappa shape index (κ2) is 14.1. The molecule has 1 aromatic rings. The Kier molecular flexibility index (Phi) is 11.7. The highest BCUT2D eigenvalue weighted by atomic mass is 19.1. The summed E-state index contributed by atoms with van der Waals surface area (Å²) < 4.78 is 22.7. The topological polar surface area (TPSA) is 116 Å². The van der Waals surface area contributed by atoms with E-state index in [4.69, 9.17) is 9.84 Å². The van der Waals surface area contributed by atoms with Crippen LogP contribution in [0.2, 0.25) is 0 Å². The number of hydrogen-bond donors (Lipinski definition) is 4. The van der Waals surface area contributed by atoms with E-state index in [-0.39, 0.29) is 19.0 Å². The molecule has 0 amide bonds. The van der Waals surface area contributed by atoms with Crippen LogP contribution in [-0.4, -0.2) is 64.5 Å². The lowest BCUT2D eigenvalue weighted by molar-refractivity contribution is -0.143. The largest absolute Gasteiger partial charge is 0.491 e. The fourth-order valence-electron chi connectivity index (χ4n) is 1.80. The van der Waals surface area contributed by atoms with Gasteiger partial charge in [-0.05, 0) is 42.5 Å². The Morgan fingerprint density at radius 1 is 1.03 bits per heavy atom. The summed E-state index contributed by atoms with van der Waals surface area (Å²) in [6.45, 7) is -0.859. The summed E-state index contributed by atoms with van der Waals surface area (Å²) in [5.41, 5.74) is 0. The number of benzene rings is 1. The SMILES string of the molecule is O=C(O)COC[C@@H](O)[C@H](O)C=CC=CC#CC=C[C@H](O)COc1ccc(F)cc1.